The third-order valence-electron chi connectivity index (χ3n) is 3.14. The highest BCUT2D eigenvalue weighted by Crippen LogP contribution is 2.29. The van der Waals surface area contributed by atoms with Gasteiger partial charge in [0.25, 0.3) is 11.8 Å². The van der Waals surface area contributed by atoms with Crippen molar-refractivity contribution in [2.24, 2.45) is 0 Å². The van der Waals surface area contributed by atoms with Gasteiger partial charge in [-0.1, -0.05) is 18.2 Å². The lowest BCUT2D eigenvalue weighted by atomic mass is 10.1. The van der Waals surface area contributed by atoms with Crippen LogP contribution in [0.5, 0.6) is 0 Å². The van der Waals surface area contributed by atoms with Crippen molar-refractivity contribution in [1.29, 1.82) is 0 Å². The first kappa shape index (κ1) is 12.8. The summed E-state index contributed by atoms with van der Waals surface area (Å²) in [4.78, 5) is 26.0. The predicted octanol–water partition coefficient (Wildman–Crippen LogP) is 1.77. The van der Waals surface area contributed by atoms with E-state index in [0.29, 0.717) is 5.56 Å². The zero-order chi connectivity index (χ0) is 13.6. The van der Waals surface area contributed by atoms with Crippen molar-refractivity contribution in [3.63, 3.8) is 0 Å². The Morgan fingerprint density at radius 1 is 1.11 bits per heavy atom. The van der Waals surface area contributed by atoms with Crippen molar-refractivity contribution >= 4 is 11.8 Å². The SMILES string of the molecule is CC1(C)NC(C)(C)N(C(=O)c2ccccc2)C1=O. The van der Waals surface area contributed by atoms with Crippen LogP contribution in [0.4, 0.5) is 0 Å². The van der Waals surface area contributed by atoms with Gasteiger partial charge < -0.3 is 0 Å². The summed E-state index contributed by atoms with van der Waals surface area (Å²) >= 11 is 0. The van der Waals surface area contributed by atoms with Crippen molar-refractivity contribution in [3.8, 4) is 0 Å². The van der Waals surface area contributed by atoms with Crippen LogP contribution < -0.4 is 5.32 Å². The van der Waals surface area contributed by atoms with E-state index in [1.54, 1.807) is 38.1 Å². The molecule has 0 aromatic heterocycles. The van der Waals surface area contributed by atoms with Crippen molar-refractivity contribution < 1.29 is 9.59 Å². The molecule has 1 aromatic rings. The first-order valence-electron chi connectivity index (χ1n) is 5.99. The molecule has 0 spiro atoms. The van der Waals surface area contributed by atoms with Gasteiger partial charge in [-0.2, -0.15) is 0 Å². The van der Waals surface area contributed by atoms with Crippen molar-refractivity contribution in [2.45, 2.75) is 38.9 Å². The topological polar surface area (TPSA) is 49.4 Å². The maximum atomic E-state index is 12.4. The van der Waals surface area contributed by atoms with Gasteiger partial charge in [0.2, 0.25) is 0 Å². The molecule has 0 unspecified atom stereocenters. The van der Waals surface area contributed by atoms with Gasteiger partial charge in [-0.05, 0) is 39.8 Å². The van der Waals surface area contributed by atoms with E-state index in [1.165, 1.54) is 4.90 Å². The molecule has 1 aliphatic rings. The number of hydrogen-bond acceptors (Lipinski definition) is 3. The van der Waals surface area contributed by atoms with E-state index in [9.17, 15) is 9.59 Å². The van der Waals surface area contributed by atoms with Crippen molar-refractivity contribution in [3.05, 3.63) is 35.9 Å². The fraction of sp³-hybridized carbons (Fsp3) is 0.429. The third kappa shape index (κ3) is 1.93. The van der Waals surface area contributed by atoms with Gasteiger partial charge in [0.05, 0.1) is 11.2 Å². The highest BCUT2D eigenvalue weighted by Gasteiger charge is 2.52. The number of nitrogens with zero attached hydrogens (tertiary/aromatic N) is 1. The lowest BCUT2D eigenvalue weighted by molar-refractivity contribution is -0.130. The largest absolute Gasteiger partial charge is 0.281 e. The van der Waals surface area contributed by atoms with Gasteiger partial charge in [0.15, 0.2) is 0 Å². The summed E-state index contributed by atoms with van der Waals surface area (Å²) in [5.74, 6) is -0.454. The smallest absolute Gasteiger partial charge is 0.262 e. The quantitative estimate of drug-likeness (QED) is 0.768. The summed E-state index contributed by atoms with van der Waals surface area (Å²) in [6.45, 7) is 7.24. The predicted molar refractivity (Wildman–Crippen MR) is 68.9 cm³/mol. The van der Waals surface area contributed by atoms with E-state index < -0.39 is 11.2 Å². The maximum absolute atomic E-state index is 12.4. The molecule has 96 valence electrons. The summed E-state index contributed by atoms with van der Waals surface area (Å²) in [7, 11) is 0. The second-order valence-corrected chi connectivity index (χ2v) is 5.62. The second kappa shape index (κ2) is 3.92. The number of carbonyl (C=O) groups is 2. The van der Waals surface area contributed by atoms with Crippen LogP contribution in [0, 0.1) is 0 Å². The standard InChI is InChI=1S/C14H18N2O2/c1-13(2)12(18)16(14(3,4)15-13)11(17)10-8-6-5-7-9-10/h5-9,15H,1-4H3. The first-order chi connectivity index (χ1) is 8.26. The molecule has 18 heavy (non-hydrogen) atoms. The molecule has 0 bridgehead atoms. The number of benzene rings is 1. The van der Waals surface area contributed by atoms with E-state index in [4.69, 9.17) is 0 Å². The number of amides is 2. The molecule has 2 amide bonds. The number of imide groups is 1. The highest BCUT2D eigenvalue weighted by atomic mass is 16.2. The molecule has 1 saturated heterocycles. The Labute approximate surface area is 107 Å². The summed E-state index contributed by atoms with van der Waals surface area (Å²) < 4.78 is 0. The Morgan fingerprint density at radius 3 is 2.11 bits per heavy atom. The van der Waals surface area contributed by atoms with Crippen LogP contribution in [0.2, 0.25) is 0 Å². The minimum absolute atomic E-state index is 0.193. The molecule has 0 saturated carbocycles. The van der Waals surface area contributed by atoms with E-state index in [0.717, 1.165) is 0 Å². The van der Waals surface area contributed by atoms with Gasteiger partial charge in [-0.3, -0.25) is 19.8 Å². The van der Waals surface area contributed by atoms with Gasteiger partial charge in [-0.15, -0.1) is 0 Å². The van der Waals surface area contributed by atoms with Crippen LogP contribution in [0.15, 0.2) is 30.3 Å². The minimum Gasteiger partial charge on any atom is -0.281 e. The number of nitrogens with one attached hydrogen (secondary N) is 1. The van der Waals surface area contributed by atoms with Gasteiger partial charge in [0, 0.05) is 5.56 Å². The molecule has 4 heteroatoms. The summed E-state index contributed by atoms with van der Waals surface area (Å²) in [5, 5.41) is 3.18. The van der Waals surface area contributed by atoms with Crippen LogP contribution in [0.25, 0.3) is 0 Å². The molecule has 1 aromatic carbocycles. The fourth-order valence-corrected chi connectivity index (χ4v) is 2.46. The molecule has 1 N–H and O–H groups in total. The Morgan fingerprint density at radius 2 is 1.67 bits per heavy atom. The monoisotopic (exact) mass is 246 g/mol. The normalized spacial score (nSPS) is 21.1. The van der Waals surface area contributed by atoms with Crippen LogP contribution in [-0.2, 0) is 4.79 Å². The molecule has 4 nitrogen and oxygen atoms in total. The van der Waals surface area contributed by atoms with Crippen molar-refractivity contribution in [1.82, 2.24) is 10.2 Å². The summed E-state index contributed by atoms with van der Waals surface area (Å²) in [5.41, 5.74) is -0.861. The molecule has 2 rings (SSSR count). The number of rotatable bonds is 1. The second-order valence-electron chi connectivity index (χ2n) is 5.62. The first-order valence-corrected chi connectivity index (χ1v) is 5.99. The number of hydrogen-bond donors (Lipinski definition) is 1. The van der Waals surface area contributed by atoms with Crippen LogP contribution in [-0.4, -0.2) is 27.9 Å². The van der Waals surface area contributed by atoms with E-state index in [1.807, 2.05) is 19.9 Å². The number of carbonyl (C=O) groups excluding carboxylic acids is 2. The molecule has 1 heterocycles. The van der Waals surface area contributed by atoms with E-state index >= 15 is 0 Å². The minimum atomic E-state index is -0.714. The van der Waals surface area contributed by atoms with Gasteiger partial charge >= 0.3 is 0 Å². The average Bonchev–Trinajstić information content (AvgIpc) is 2.44. The molecule has 0 aliphatic carbocycles. The molecule has 1 fully saturated rings. The Bertz CT molecular complexity index is 492. The Balaban J connectivity index is 2.39. The summed E-state index contributed by atoms with van der Waals surface area (Å²) in [6, 6.07) is 8.86. The van der Waals surface area contributed by atoms with Crippen molar-refractivity contribution in [2.75, 3.05) is 0 Å². The van der Waals surface area contributed by atoms with Crippen LogP contribution >= 0.6 is 0 Å². The lowest BCUT2D eigenvalue weighted by Crippen LogP contribution is -2.50. The average molecular weight is 246 g/mol. The Kier molecular flexibility index (Phi) is 2.78. The van der Waals surface area contributed by atoms with Gasteiger partial charge in [0.1, 0.15) is 0 Å². The zero-order valence-corrected chi connectivity index (χ0v) is 11.2. The lowest BCUT2D eigenvalue weighted by Gasteiger charge is -2.29. The highest BCUT2D eigenvalue weighted by molar-refractivity contribution is 6.09. The maximum Gasteiger partial charge on any atom is 0.262 e. The van der Waals surface area contributed by atoms with Gasteiger partial charge in [-0.25, -0.2) is 0 Å². The van der Waals surface area contributed by atoms with E-state index in [-0.39, 0.29) is 11.8 Å². The Hall–Kier alpha value is -1.68. The molecular formula is C14H18N2O2. The van der Waals surface area contributed by atoms with E-state index in [2.05, 4.69) is 5.32 Å². The molecule has 1 aliphatic heterocycles. The van der Waals surface area contributed by atoms with Crippen LogP contribution in [0.1, 0.15) is 38.1 Å². The molecular weight excluding hydrogens is 228 g/mol. The summed E-state index contributed by atoms with van der Waals surface area (Å²) in [6.07, 6.45) is 0. The fourth-order valence-electron chi connectivity index (χ4n) is 2.46. The molecule has 0 radical (unpaired) electrons. The zero-order valence-electron chi connectivity index (χ0n) is 11.2. The van der Waals surface area contributed by atoms with Crippen LogP contribution in [0.3, 0.4) is 0 Å². The third-order valence-corrected chi connectivity index (χ3v) is 3.14. The molecule has 0 atom stereocenters.